The van der Waals surface area contributed by atoms with Crippen LogP contribution in [0, 0.1) is 17.8 Å². The van der Waals surface area contributed by atoms with E-state index in [1.165, 1.54) is 11.0 Å². The van der Waals surface area contributed by atoms with Gasteiger partial charge in [0, 0.05) is 19.1 Å². The minimum absolute atomic E-state index is 0.107. The maximum absolute atomic E-state index is 13.3. The van der Waals surface area contributed by atoms with Gasteiger partial charge in [-0.25, -0.2) is 14.3 Å². The third-order valence-electron chi connectivity index (χ3n) is 5.85. The molecule has 1 aliphatic rings. The first-order valence-electron chi connectivity index (χ1n) is 11.2. The average Bonchev–Trinajstić information content (AvgIpc) is 3.07. The van der Waals surface area contributed by atoms with Crippen LogP contribution in [0.2, 0.25) is 0 Å². The molecule has 0 saturated heterocycles. The molecule has 2 atom stereocenters. The molecule has 2 aromatic rings. The number of nitrogens with one attached hydrogen (secondary N) is 1. The lowest BCUT2D eigenvalue weighted by Gasteiger charge is -2.29. The van der Waals surface area contributed by atoms with E-state index in [0.29, 0.717) is 36.1 Å². The average molecular weight is 418 g/mol. The highest BCUT2D eigenvalue weighted by Gasteiger charge is 2.25. The van der Waals surface area contributed by atoms with Crippen molar-refractivity contribution in [2.45, 2.75) is 86.0 Å². The Morgan fingerprint density at radius 2 is 1.77 bits per heavy atom. The summed E-state index contributed by atoms with van der Waals surface area (Å²) in [5.74, 6) is 0.645. The van der Waals surface area contributed by atoms with Crippen molar-refractivity contribution in [1.82, 2.24) is 24.0 Å². The van der Waals surface area contributed by atoms with E-state index in [0.717, 1.165) is 23.8 Å². The first-order valence-corrected chi connectivity index (χ1v) is 11.2. The van der Waals surface area contributed by atoms with Gasteiger partial charge in [-0.3, -0.25) is 14.2 Å². The molecule has 3 rings (SSSR count). The number of hydrogen-bond donors (Lipinski definition) is 1. The zero-order chi connectivity index (χ0) is 22.0. The number of hydrogen-bond acceptors (Lipinski definition) is 4. The first-order chi connectivity index (χ1) is 14.2. The molecule has 0 aromatic carbocycles. The molecular formula is C22H35N5O3. The quantitative estimate of drug-likeness (QED) is 0.749. The second kappa shape index (κ2) is 9.18. The molecule has 1 amide bonds. The fourth-order valence-electron chi connectivity index (χ4n) is 4.37. The van der Waals surface area contributed by atoms with Crippen LogP contribution in [-0.4, -0.2) is 30.6 Å². The van der Waals surface area contributed by atoms with Gasteiger partial charge >= 0.3 is 5.69 Å². The molecule has 8 heteroatoms. The van der Waals surface area contributed by atoms with Crippen LogP contribution in [0.1, 0.15) is 60.3 Å². The van der Waals surface area contributed by atoms with Crippen LogP contribution in [0.3, 0.4) is 0 Å². The smallest absolute Gasteiger partial charge is 0.333 e. The normalized spacial score (nSPS) is 19.7. The molecule has 1 fully saturated rings. The summed E-state index contributed by atoms with van der Waals surface area (Å²) in [7, 11) is 0. The lowest BCUT2D eigenvalue weighted by molar-refractivity contribution is -0.123. The summed E-state index contributed by atoms with van der Waals surface area (Å²) in [6.07, 6.45) is 5.93. The van der Waals surface area contributed by atoms with E-state index in [1.54, 1.807) is 10.9 Å². The molecule has 0 spiro atoms. The van der Waals surface area contributed by atoms with E-state index in [4.69, 9.17) is 0 Å². The summed E-state index contributed by atoms with van der Waals surface area (Å²) in [6, 6.07) is 0.107. The van der Waals surface area contributed by atoms with Crippen LogP contribution in [0.15, 0.2) is 15.9 Å². The molecular weight excluding hydrogens is 382 g/mol. The summed E-state index contributed by atoms with van der Waals surface area (Å²) in [4.78, 5) is 43.6. The van der Waals surface area contributed by atoms with Crippen LogP contribution in [0.25, 0.3) is 11.2 Å². The molecule has 8 nitrogen and oxygen atoms in total. The Morgan fingerprint density at radius 1 is 1.10 bits per heavy atom. The standard InChI is InChI=1S/C22H35N5O3/c1-14(2)10-25-13-23-20-19(25)21(29)27(22(30)26(20)11-15(3)4)12-18(28)24-17-9-7-6-8-16(17)5/h13-17H,6-12H2,1-5H3,(H,24,28)/t16-,17-/m0/s1. The Labute approximate surface area is 177 Å². The molecule has 0 bridgehead atoms. The topological polar surface area (TPSA) is 90.9 Å². The highest BCUT2D eigenvalue weighted by atomic mass is 16.2. The molecule has 1 aliphatic carbocycles. The second-order valence-corrected chi connectivity index (χ2v) is 9.58. The Morgan fingerprint density at radius 3 is 2.40 bits per heavy atom. The second-order valence-electron chi connectivity index (χ2n) is 9.58. The van der Waals surface area contributed by atoms with Crippen molar-refractivity contribution in [3.8, 4) is 0 Å². The first kappa shape index (κ1) is 22.3. The Balaban J connectivity index is 2.01. The van der Waals surface area contributed by atoms with E-state index in [9.17, 15) is 14.4 Å². The van der Waals surface area contributed by atoms with Crippen LogP contribution in [-0.2, 0) is 24.4 Å². The SMILES string of the molecule is CC(C)Cn1cnc2c1c(=O)n(CC(=O)N[C@H]1CCCC[C@@H]1C)c(=O)n2CC(C)C. The van der Waals surface area contributed by atoms with Gasteiger partial charge in [0.1, 0.15) is 6.54 Å². The molecule has 166 valence electrons. The fraction of sp³-hybridized carbons (Fsp3) is 0.727. The molecule has 0 aliphatic heterocycles. The summed E-state index contributed by atoms with van der Waals surface area (Å²) in [5.41, 5.74) is -0.123. The number of amides is 1. The highest BCUT2D eigenvalue weighted by molar-refractivity contribution is 5.77. The zero-order valence-electron chi connectivity index (χ0n) is 18.9. The molecule has 2 aromatic heterocycles. The van der Waals surface area contributed by atoms with Crippen LogP contribution in [0.4, 0.5) is 0 Å². The van der Waals surface area contributed by atoms with Gasteiger partial charge in [0.25, 0.3) is 5.56 Å². The number of carbonyl (C=O) groups excluding carboxylic acids is 1. The van der Waals surface area contributed by atoms with Crippen molar-refractivity contribution >= 4 is 17.1 Å². The maximum Gasteiger partial charge on any atom is 0.333 e. The summed E-state index contributed by atoms with van der Waals surface area (Å²) >= 11 is 0. The summed E-state index contributed by atoms with van der Waals surface area (Å²) < 4.78 is 4.41. The van der Waals surface area contributed by atoms with Gasteiger partial charge in [-0.2, -0.15) is 0 Å². The van der Waals surface area contributed by atoms with Crippen molar-refractivity contribution < 1.29 is 4.79 Å². The molecule has 1 saturated carbocycles. The molecule has 0 unspecified atom stereocenters. The van der Waals surface area contributed by atoms with Crippen molar-refractivity contribution in [1.29, 1.82) is 0 Å². The van der Waals surface area contributed by atoms with E-state index in [2.05, 4.69) is 31.1 Å². The largest absolute Gasteiger partial charge is 0.352 e. The number of aromatic nitrogens is 4. The molecule has 30 heavy (non-hydrogen) atoms. The number of imidazole rings is 1. The van der Waals surface area contributed by atoms with E-state index in [1.807, 2.05) is 13.8 Å². The monoisotopic (exact) mass is 417 g/mol. The van der Waals surface area contributed by atoms with Gasteiger partial charge in [-0.1, -0.05) is 47.5 Å². The molecule has 0 radical (unpaired) electrons. The predicted molar refractivity (Wildman–Crippen MR) is 117 cm³/mol. The van der Waals surface area contributed by atoms with E-state index in [-0.39, 0.29) is 24.4 Å². The van der Waals surface area contributed by atoms with Crippen LogP contribution in [0.5, 0.6) is 0 Å². The van der Waals surface area contributed by atoms with Gasteiger partial charge in [0.05, 0.1) is 6.33 Å². The number of nitrogens with zero attached hydrogens (tertiary/aromatic N) is 4. The lowest BCUT2D eigenvalue weighted by Crippen LogP contribution is -2.48. The molecule has 2 heterocycles. The van der Waals surface area contributed by atoms with E-state index < -0.39 is 11.2 Å². The Hall–Kier alpha value is -2.38. The van der Waals surface area contributed by atoms with Crippen LogP contribution >= 0.6 is 0 Å². The zero-order valence-corrected chi connectivity index (χ0v) is 18.9. The van der Waals surface area contributed by atoms with Gasteiger partial charge in [-0.15, -0.1) is 0 Å². The van der Waals surface area contributed by atoms with Crippen LogP contribution < -0.4 is 16.6 Å². The number of fused-ring (bicyclic) bond motifs is 1. The van der Waals surface area contributed by atoms with Crippen molar-refractivity contribution in [2.75, 3.05) is 0 Å². The highest BCUT2D eigenvalue weighted by Crippen LogP contribution is 2.23. The van der Waals surface area contributed by atoms with E-state index >= 15 is 0 Å². The lowest BCUT2D eigenvalue weighted by atomic mass is 9.86. The van der Waals surface area contributed by atoms with Gasteiger partial charge in [0.2, 0.25) is 5.91 Å². The minimum atomic E-state index is -0.470. The van der Waals surface area contributed by atoms with Gasteiger partial charge in [0.15, 0.2) is 11.2 Å². The van der Waals surface area contributed by atoms with Gasteiger partial charge < -0.3 is 9.88 Å². The Kier molecular flexibility index (Phi) is 6.83. The number of carbonyl (C=O) groups is 1. The maximum atomic E-state index is 13.3. The predicted octanol–water partition coefficient (Wildman–Crippen LogP) is 2.37. The number of rotatable bonds is 7. The van der Waals surface area contributed by atoms with Crippen molar-refractivity contribution in [2.24, 2.45) is 17.8 Å². The summed E-state index contributed by atoms with van der Waals surface area (Å²) in [6.45, 7) is 11.1. The van der Waals surface area contributed by atoms with Gasteiger partial charge in [-0.05, 0) is 30.6 Å². The van der Waals surface area contributed by atoms with Crippen molar-refractivity contribution in [3.05, 3.63) is 27.2 Å². The van der Waals surface area contributed by atoms with Crippen molar-refractivity contribution in [3.63, 3.8) is 0 Å². The fourth-order valence-corrected chi connectivity index (χ4v) is 4.37. The Bertz CT molecular complexity index is 1010. The minimum Gasteiger partial charge on any atom is -0.352 e. The summed E-state index contributed by atoms with van der Waals surface area (Å²) in [5, 5.41) is 3.05. The third-order valence-corrected chi connectivity index (χ3v) is 5.85. The molecule has 1 N–H and O–H groups in total. The third kappa shape index (κ3) is 4.68.